The summed E-state index contributed by atoms with van der Waals surface area (Å²) >= 11 is 0. The summed E-state index contributed by atoms with van der Waals surface area (Å²) in [5.41, 5.74) is 0.404. The first-order valence-electron chi connectivity index (χ1n) is 10.0. The van der Waals surface area contributed by atoms with E-state index in [1.165, 1.54) is 0 Å². The lowest BCUT2D eigenvalue weighted by Gasteiger charge is -2.20. The summed E-state index contributed by atoms with van der Waals surface area (Å²) in [6.07, 6.45) is 0.0795. The van der Waals surface area contributed by atoms with Gasteiger partial charge in [-0.1, -0.05) is 0 Å². The van der Waals surface area contributed by atoms with Crippen molar-refractivity contribution in [3.63, 3.8) is 0 Å². The Morgan fingerprint density at radius 2 is 1.77 bits per heavy atom. The third-order valence-electron chi connectivity index (χ3n) is 3.50. The highest BCUT2D eigenvalue weighted by atomic mass is 32.2. The molecule has 0 heterocycles. The van der Waals surface area contributed by atoms with Crippen LogP contribution in [0, 0.1) is 0 Å². The van der Waals surface area contributed by atoms with Gasteiger partial charge in [-0.3, -0.25) is 4.79 Å². The average molecular weight is 442 g/mol. The first-order chi connectivity index (χ1) is 13.9. The van der Waals surface area contributed by atoms with Gasteiger partial charge in [0, 0.05) is 24.3 Å². The minimum atomic E-state index is -3.27. The Morgan fingerprint density at radius 1 is 1.13 bits per heavy atom. The predicted molar refractivity (Wildman–Crippen MR) is 121 cm³/mol. The normalized spacial score (nSPS) is 12.6. The van der Waals surface area contributed by atoms with Gasteiger partial charge < -0.3 is 20.7 Å². The molecule has 0 radical (unpaired) electrons. The van der Waals surface area contributed by atoms with Crippen LogP contribution in [-0.2, 0) is 14.8 Å². The Morgan fingerprint density at radius 3 is 2.30 bits per heavy atom. The molecule has 0 fully saturated rings. The molecule has 9 nitrogen and oxygen atoms in total. The molecule has 30 heavy (non-hydrogen) atoms. The molecule has 0 atom stereocenters. The zero-order chi connectivity index (χ0) is 22.8. The van der Waals surface area contributed by atoms with Crippen molar-refractivity contribution in [2.45, 2.75) is 53.2 Å². The molecule has 0 saturated carbocycles. The summed E-state index contributed by atoms with van der Waals surface area (Å²) in [6, 6.07) is 7.34. The van der Waals surface area contributed by atoms with Gasteiger partial charge in [0.25, 0.3) is 0 Å². The van der Waals surface area contributed by atoms with E-state index in [4.69, 9.17) is 4.74 Å². The molecule has 170 valence electrons. The number of ether oxygens (including phenoxy) is 1. The van der Waals surface area contributed by atoms with E-state index in [1.54, 1.807) is 6.92 Å². The molecule has 1 aromatic carbocycles. The van der Waals surface area contributed by atoms with Gasteiger partial charge in [-0.2, -0.15) is 0 Å². The van der Waals surface area contributed by atoms with Crippen LogP contribution in [0.15, 0.2) is 29.3 Å². The minimum Gasteiger partial charge on any atom is -0.491 e. The number of aliphatic imine (C=N–C) groups is 1. The molecule has 4 N–H and O–H groups in total. The summed E-state index contributed by atoms with van der Waals surface area (Å²) in [5.74, 6) is 0.924. The third kappa shape index (κ3) is 11.6. The van der Waals surface area contributed by atoms with Crippen molar-refractivity contribution in [3.8, 4) is 5.75 Å². The van der Waals surface area contributed by atoms with Gasteiger partial charge in [0.1, 0.15) is 12.3 Å². The van der Waals surface area contributed by atoms with Crippen molar-refractivity contribution in [1.29, 1.82) is 0 Å². The van der Waals surface area contributed by atoms with E-state index in [9.17, 15) is 13.2 Å². The minimum absolute atomic E-state index is 0.0178. The van der Waals surface area contributed by atoms with Gasteiger partial charge in [-0.15, -0.1) is 0 Å². The fourth-order valence-corrected chi connectivity index (χ4v) is 2.88. The number of nitrogens with one attached hydrogen (secondary N) is 4. The Balaban J connectivity index is 2.78. The molecule has 0 bridgehead atoms. The van der Waals surface area contributed by atoms with E-state index in [2.05, 4.69) is 25.7 Å². The van der Waals surface area contributed by atoms with Crippen molar-refractivity contribution in [3.05, 3.63) is 24.3 Å². The number of anilines is 1. The van der Waals surface area contributed by atoms with E-state index >= 15 is 0 Å². The second kappa shape index (κ2) is 11.8. The molecule has 0 spiro atoms. The van der Waals surface area contributed by atoms with Crippen LogP contribution in [0.25, 0.3) is 0 Å². The molecule has 0 aromatic heterocycles. The largest absolute Gasteiger partial charge is 0.491 e. The van der Waals surface area contributed by atoms with Crippen LogP contribution in [0.5, 0.6) is 5.75 Å². The molecule has 0 aliphatic carbocycles. The molecule has 1 aromatic rings. The van der Waals surface area contributed by atoms with Crippen molar-refractivity contribution in [1.82, 2.24) is 15.4 Å². The number of hydrogen-bond donors (Lipinski definition) is 4. The molecule has 0 unspecified atom stereocenters. The Kier molecular flexibility index (Phi) is 10.1. The van der Waals surface area contributed by atoms with Crippen molar-refractivity contribution >= 4 is 27.6 Å². The standard InChI is InChI=1S/C20H35N5O4S/c1-7-30(27,28)23-13-12-21-19(22-14-18(26)25-20(4,5)6)24-16-8-10-17(11-9-16)29-15(2)3/h8-11,15,23H,7,12-14H2,1-6H3,(H,25,26)(H2,21,22,24). The molecule has 0 aliphatic rings. The van der Waals surface area contributed by atoms with Crippen LogP contribution in [0.1, 0.15) is 41.5 Å². The number of guanidine groups is 1. The molecule has 0 aliphatic heterocycles. The van der Waals surface area contributed by atoms with E-state index in [-0.39, 0.29) is 36.4 Å². The maximum atomic E-state index is 12.1. The van der Waals surface area contributed by atoms with Gasteiger partial charge in [0.05, 0.1) is 11.9 Å². The fourth-order valence-electron chi connectivity index (χ4n) is 2.26. The third-order valence-corrected chi connectivity index (χ3v) is 4.91. The number of rotatable bonds is 10. The Hall–Kier alpha value is -2.33. The van der Waals surface area contributed by atoms with E-state index in [0.29, 0.717) is 12.5 Å². The maximum absolute atomic E-state index is 12.1. The van der Waals surface area contributed by atoms with Gasteiger partial charge in [0.15, 0.2) is 5.96 Å². The summed E-state index contributed by atoms with van der Waals surface area (Å²) in [4.78, 5) is 16.4. The summed E-state index contributed by atoms with van der Waals surface area (Å²) < 4.78 is 31.2. The number of hydrogen-bond acceptors (Lipinski definition) is 5. The first-order valence-corrected chi connectivity index (χ1v) is 11.7. The van der Waals surface area contributed by atoms with Crippen LogP contribution in [0.3, 0.4) is 0 Å². The van der Waals surface area contributed by atoms with Gasteiger partial charge in [-0.25, -0.2) is 18.1 Å². The lowest BCUT2D eigenvalue weighted by molar-refractivity contribution is -0.121. The molecular formula is C20H35N5O4S. The summed E-state index contributed by atoms with van der Waals surface area (Å²) in [6.45, 7) is 11.6. The summed E-state index contributed by atoms with van der Waals surface area (Å²) in [7, 11) is -3.27. The highest BCUT2D eigenvalue weighted by Gasteiger charge is 2.13. The molecular weight excluding hydrogens is 406 g/mol. The number of amides is 1. The first kappa shape index (κ1) is 25.7. The molecule has 1 amide bonds. The predicted octanol–water partition coefficient (Wildman–Crippen LogP) is 1.69. The van der Waals surface area contributed by atoms with Crippen LogP contribution in [-0.4, -0.2) is 57.3 Å². The van der Waals surface area contributed by atoms with Gasteiger partial charge >= 0.3 is 0 Å². The van der Waals surface area contributed by atoms with Crippen LogP contribution in [0.2, 0.25) is 0 Å². The van der Waals surface area contributed by atoms with Gasteiger partial charge in [-0.05, 0) is 65.8 Å². The molecule has 1 rings (SSSR count). The number of nitrogens with zero attached hydrogens (tertiary/aromatic N) is 1. The van der Waals surface area contributed by atoms with Crippen molar-refractivity contribution < 1.29 is 17.9 Å². The average Bonchev–Trinajstić information content (AvgIpc) is 2.62. The van der Waals surface area contributed by atoms with Gasteiger partial charge in [0.2, 0.25) is 15.9 Å². The second-order valence-electron chi connectivity index (χ2n) is 8.00. The lowest BCUT2D eigenvalue weighted by atomic mass is 10.1. The monoisotopic (exact) mass is 441 g/mol. The van der Waals surface area contributed by atoms with E-state index in [0.717, 1.165) is 11.4 Å². The summed E-state index contributed by atoms with van der Waals surface area (Å²) in [5, 5.41) is 9.00. The van der Waals surface area contributed by atoms with Crippen LogP contribution >= 0.6 is 0 Å². The Labute approximate surface area is 180 Å². The topological polar surface area (TPSA) is 121 Å². The molecule has 0 saturated heterocycles. The number of carbonyl (C=O) groups excluding carboxylic acids is 1. The second-order valence-corrected chi connectivity index (χ2v) is 10.1. The van der Waals surface area contributed by atoms with Crippen molar-refractivity contribution in [2.24, 2.45) is 4.99 Å². The zero-order valence-corrected chi connectivity index (χ0v) is 19.5. The van der Waals surface area contributed by atoms with Crippen molar-refractivity contribution in [2.75, 3.05) is 30.7 Å². The quantitative estimate of drug-likeness (QED) is 0.249. The van der Waals surface area contributed by atoms with Crippen LogP contribution in [0.4, 0.5) is 5.69 Å². The highest BCUT2D eigenvalue weighted by molar-refractivity contribution is 7.89. The smallest absolute Gasteiger partial charge is 0.242 e. The van der Waals surface area contributed by atoms with E-state index < -0.39 is 10.0 Å². The van der Waals surface area contributed by atoms with Crippen LogP contribution < -0.4 is 25.4 Å². The highest BCUT2D eigenvalue weighted by Crippen LogP contribution is 2.16. The zero-order valence-electron chi connectivity index (χ0n) is 18.7. The number of sulfonamides is 1. The maximum Gasteiger partial charge on any atom is 0.242 e. The number of carbonyl (C=O) groups is 1. The SMILES string of the molecule is CCS(=O)(=O)NCCNC(=NCC(=O)NC(C)(C)C)Nc1ccc(OC(C)C)cc1. The molecule has 10 heteroatoms. The Bertz CT molecular complexity index is 799. The number of benzene rings is 1. The fraction of sp³-hybridized carbons (Fsp3) is 0.600. The lowest BCUT2D eigenvalue weighted by Crippen LogP contribution is -2.43. The van der Waals surface area contributed by atoms with E-state index in [1.807, 2.05) is 58.9 Å².